The van der Waals surface area contributed by atoms with Crippen LogP contribution in [0.25, 0.3) is 0 Å². The highest BCUT2D eigenvalue weighted by atomic mass is 19.1. The fraction of sp³-hybridized carbons (Fsp3) is 0.188. The number of ether oxygens (including phenoxy) is 1. The highest BCUT2D eigenvalue weighted by Gasteiger charge is 2.06. The number of nitrogens with zero attached hydrogens (tertiary/aromatic N) is 1. The summed E-state index contributed by atoms with van der Waals surface area (Å²) in [4.78, 5) is 0. The van der Waals surface area contributed by atoms with Gasteiger partial charge in [-0.15, -0.1) is 0 Å². The first-order chi connectivity index (χ1) is 9.24. The molecular formula is C16H14FNO. The number of nitriles is 1. The van der Waals surface area contributed by atoms with Gasteiger partial charge in [0.2, 0.25) is 0 Å². The Labute approximate surface area is 112 Å². The number of para-hydroxylation sites is 1. The minimum Gasteiger partial charge on any atom is -0.489 e. The van der Waals surface area contributed by atoms with Crippen LogP contribution in [0.4, 0.5) is 4.39 Å². The van der Waals surface area contributed by atoms with Crippen molar-refractivity contribution in [2.24, 2.45) is 0 Å². The van der Waals surface area contributed by atoms with Crippen LogP contribution in [0.3, 0.4) is 0 Å². The number of rotatable bonds is 4. The Morgan fingerprint density at radius 3 is 2.63 bits per heavy atom. The highest BCUT2D eigenvalue weighted by molar-refractivity contribution is 5.35. The molecule has 0 aromatic heterocycles. The first-order valence-electron chi connectivity index (χ1n) is 6.13. The van der Waals surface area contributed by atoms with Gasteiger partial charge in [0.15, 0.2) is 0 Å². The molecule has 0 saturated heterocycles. The molecule has 0 aliphatic heterocycles. The third-order valence-corrected chi connectivity index (χ3v) is 2.92. The van der Waals surface area contributed by atoms with Crippen molar-refractivity contribution in [1.29, 1.82) is 5.26 Å². The van der Waals surface area contributed by atoms with Gasteiger partial charge in [0.05, 0.1) is 11.6 Å². The highest BCUT2D eigenvalue weighted by Crippen LogP contribution is 2.20. The maximum absolute atomic E-state index is 13.7. The van der Waals surface area contributed by atoms with E-state index in [1.54, 1.807) is 12.1 Å². The number of aryl methyl sites for hydroxylation is 1. The second-order valence-corrected chi connectivity index (χ2v) is 4.17. The third kappa shape index (κ3) is 3.11. The van der Waals surface area contributed by atoms with Gasteiger partial charge >= 0.3 is 0 Å². The summed E-state index contributed by atoms with van der Waals surface area (Å²) in [6.07, 6.45) is 0.867. The van der Waals surface area contributed by atoms with Gasteiger partial charge in [-0.3, -0.25) is 0 Å². The molecule has 0 bridgehead atoms. The molecule has 0 aliphatic rings. The molecule has 0 amide bonds. The Bertz CT molecular complexity index is 616. The van der Waals surface area contributed by atoms with E-state index in [9.17, 15) is 4.39 Å². The van der Waals surface area contributed by atoms with E-state index in [1.807, 2.05) is 37.3 Å². The Morgan fingerprint density at radius 1 is 1.16 bits per heavy atom. The van der Waals surface area contributed by atoms with E-state index in [1.165, 1.54) is 6.07 Å². The average molecular weight is 255 g/mol. The van der Waals surface area contributed by atoms with Crippen LogP contribution in [0, 0.1) is 17.1 Å². The van der Waals surface area contributed by atoms with E-state index in [-0.39, 0.29) is 6.61 Å². The quantitative estimate of drug-likeness (QED) is 0.831. The fourth-order valence-electron chi connectivity index (χ4n) is 1.83. The lowest BCUT2D eigenvalue weighted by molar-refractivity contribution is 0.297. The molecule has 0 heterocycles. The molecule has 2 aromatic carbocycles. The second kappa shape index (κ2) is 6.01. The summed E-state index contributed by atoms with van der Waals surface area (Å²) in [6, 6.07) is 14.0. The molecule has 0 N–H and O–H groups in total. The molecular weight excluding hydrogens is 241 g/mol. The smallest absolute Gasteiger partial charge is 0.131 e. The summed E-state index contributed by atoms with van der Waals surface area (Å²) in [5.74, 6) is 0.363. The molecule has 96 valence electrons. The molecule has 0 saturated carbocycles. The van der Waals surface area contributed by atoms with E-state index in [2.05, 4.69) is 0 Å². The average Bonchev–Trinajstić information content (AvgIpc) is 2.46. The maximum Gasteiger partial charge on any atom is 0.131 e. The summed E-state index contributed by atoms with van der Waals surface area (Å²) >= 11 is 0. The Morgan fingerprint density at radius 2 is 1.95 bits per heavy atom. The summed E-state index contributed by atoms with van der Waals surface area (Å²) in [7, 11) is 0. The number of hydrogen-bond acceptors (Lipinski definition) is 2. The summed E-state index contributed by atoms with van der Waals surface area (Å²) < 4.78 is 19.3. The van der Waals surface area contributed by atoms with E-state index in [0.717, 1.165) is 17.7 Å². The van der Waals surface area contributed by atoms with Gasteiger partial charge in [-0.2, -0.15) is 5.26 Å². The van der Waals surface area contributed by atoms with Crippen molar-refractivity contribution < 1.29 is 9.13 Å². The van der Waals surface area contributed by atoms with E-state index in [4.69, 9.17) is 10.00 Å². The first-order valence-corrected chi connectivity index (χ1v) is 6.13. The Kier molecular flexibility index (Phi) is 4.15. The Balaban J connectivity index is 2.13. The van der Waals surface area contributed by atoms with Crippen LogP contribution in [0.1, 0.15) is 23.6 Å². The zero-order valence-electron chi connectivity index (χ0n) is 10.7. The van der Waals surface area contributed by atoms with Gasteiger partial charge in [-0.25, -0.2) is 4.39 Å². The van der Waals surface area contributed by atoms with Crippen LogP contribution in [0.5, 0.6) is 5.75 Å². The first kappa shape index (κ1) is 13.1. The van der Waals surface area contributed by atoms with Crippen LogP contribution >= 0.6 is 0 Å². The monoisotopic (exact) mass is 255 g/mol. The third-order valence-electron chi connectivity index (χ3n) is 2.92. The number of halogens is 1. The molecule has 19 heavy (non-hydrogen) atoms. The Hall–Kier alpha value is -2.34. The van der Waals surface area contributed by atoms with Gasteiger partial charge in [-0.05, 0) is 30.2 Å². The van der Waals surface area contributed by atoms with Crippen molar-refractivity contribution >= 4 is 0 Å². The molecule has 2 rings (SSSR count). The van der Waals surface area contributed by atoms with E-state index in [0.29, 0.717) is 11.1 Å². The summed E-state index contributed by atoms with van der Waals surface area (Å²) in [5, 5.41) is 8.68. The molecule has 0 spiro atoms. The standard InChI is InChI=1S/C16H14FNO/c1-2-13-5-3-4-6-16(13)19-11-14-8-7-12(10-18)9-15(14)17/h3-9H,2,11H2,1H3. The molecule has 0 fully saturated rings. The predicted molar refractivity (Wildman–Crippen MR) is 71.3 cm³/mol. The predicted octanol–water partition coefficient (Wildman–Crippen LogP) is 3.84. The maximum atomic E-state index is 13.7. The van der Waals surface area contributed by atoms with Gasteiger partial charge in [0, 0.05) is 5.56 Å². The van der Waals surface area contributed by atoms with Gasteiger partial charge in [-0.1, -0.05) is 31.2 Å². The van der Waals surface area contributed by atoms with Crippen molar-refractivity contribution in [3.05, 3.63) is 65.0 Å². The lowest BCUT2D eigenvalue weighted by Gasteiger charge is -2.10. The van der Waals surface area contributed by atoms with Crippen molar-refractivity contribution in [3.8, 4) is 11.8 Å². The van der Waals surface area contributed by atoms with E-state index < -0.39 is 5.82 Å². The minimum atomic E-state index is -0.409. The van der Waals surface area contributed by atoms with Crippen LogP contribution in [-0.4, -0.2) is 0 Å². The van der Waals surface area contributed by atoms with Crippen molar-refractivity contribution in [2.75, 3.05) is 0 Å². The topological polar surface area (TPSA) is 33.0 Å². The SMILES string of the molecule is CCc1ccccc1OCc1ccc(C#N)cc1F. The number of hydrogen-bond donors (Lipinski definition) is 0. The molecule has 0 atom stereocenters. The van der Waals surface area contributed by atoms with Gasteiger partial charge < -0.3 is 4.74 Å². The fourth-order valence-corrected chi connectivity index (χ4v) is 1.83. The molecule has 0 radical (unpaired) electrons. The zero-order chi connectivity index (χ0) is 13.7. The van der Waals surface area contributed by atoms with Crippen LogP contribution in [-0.2, 0) is 13.0 Å². The van der Waals surface area contributed by atoms with Crippen LogP contribution in [0.2, 0.25) is 0 Å². The van der Waals surface area contributed by atoms with Gasteiger partial charge in [0.25, 0.3) is 0 Å². The second-order valence-electron chi connectivity index (χ2n) is 4.17. The largest absolute Gasteiger partial charge is 0.489 e. The van der Waals surface area contributed by atoms with Crippen LogP contribution in [0.15, 0.2) is 42.5 Å². The zero-order valence-corrected chi connectivity index (χ0v) is 10.7. The molecule has 0 unspecified atom stereocenters. The van der Waals surface area contributed by atoms with E-state index >= 15 is 0 Å². The van der Waals surface area contributed by atoms with Crippen molar-refractivity contribution in [1.82, 2.24) is 0 Å². The summed E-state index contributed by atoms with van der Waals surface area (Å²) in [5.41, 5.74) is 1.86. The van der Waals surface area contributed by atoms with Gasteiger partial charge in [0.1, 0.15) is 18.2 Å². The number of benzene rings is 2. The summed E-state index contributed by atoms with van der Waals surface area (Å²) in [6.45, 7) is 2.21. The van der Waals surface area contributed by atoms with Crippen molar-refractivity contribution in [3.63, 3.8) is 0 Å². The van der Waals surface area contributed by atoms with Crippen LogP contribution < -0.4 is 4.74 Å². The normalized spacial score (nSPS) is 9.95. The lowest BCUT2D eigenvalue weighted by atomic mass is 10.1. The minimum absolute atomic E-state index is 0.161. The molecule has 2 aromatic rings. The molecule has 2 nitrogen and oxygen atoms in total. The lowest BCUT2D eigenvalue weighted by Crippen LogP contribution is -2.00. The van der Waals surface area contributed by atoms with Crippen molar-refractivity contribution in [2.45, 2.75) is 20.0 Å². The molecule has 3 heteroatoms. The molecule has 0 aliphatic carbocycles.